The van der Waals surface area contributed by atoms with Gasteiger partial charge in [-0.05, 0) is 13.8 Å². The van der Waals surface area contributed by atoms with E-state index in [0.29, 0.717) is 6.04 Å². The second-order valence-corrected chi connectivity index (χ2v) is 3.70. The lowest BCUT2D eigenvalue weighted by atomic mass is 10.2. The summed E-state index contributed by atoms with van der Waals surface area (Å²) in [7, 11) is 0. The lowest BCUT2D eigenvalue weighted by molar-refractivity contribution is 0.634. The summed E-state index contributed by atoms with van der Waals surface area (Å²) >= 11 is 0. The van der Waals surface area contributed by atoms with Crippen molar-refractivity contribution < 1.29 is 0 Å². The van der Waals surface area contributed by atoms with Gasteiger partial charge in [0.05, 0.1) is 0 Å². The third-order valence-electron chi connectivity index (χ3n) is 2.48. The lowest BCUT2D eigenvalue weighted by Gasteiger charge is -2.33. The largest absolute Gasteiger partial charge is 0.339 e. The number of rotatable bonds is 1. The Morgan fingerprint density at radius 1 is 1.54 bits per heavy atom. The van der Waals surface area contributed by atoms with Crippen molar-refractivity contribution >= 4 is 11.6 Å². The zero-order valence-electron chi connectivity index (χ0n) is 8.20. The zero-order valence-corrected chi connectivity index (χ0v) is 8.20. The molecule has 0 bridgehead atoms. The Morgan fingerprint density at radius 2 is 2.31 bits per heavy atom. The molecule has 2 heterocycles. The molecule has 0 aromatic carbocycles. The van der Waals surface area contributed by atoms with Crippen LogP contribution in [0.1, 0.15) is 20.3 Å². The second-order valence-electron chi connectivity index (χ2n) is 3.70. The highest BCUT2D eigenvalue weighted by molar-refractivity contribution is 5.55. The molecule has 0 amide bonds. The summed E-state index contributed by atoms with van der Waals surface area (Å²) < 4.78 is 2.07. The second kappa shape index (κ2) is 2.91. The first-order valence-corrected chi connectivity index (χ1v) is 4.68. The summed E-state index contributed by atoms with van der Waals surface area (Å²) in [5, 5.41) is 0. The molecule has 70 valence electrons. The van der Waals surface area contributed by atoms with E-state index in [4.69, 9.17) is 0 Å². The van der Waals surface area contributed by atoms with E-state index in [-0.39, 0.29) is 0 Å². The molecule has 0 radical (unpaired) electrons. The monoisotopic (exact) mass is 177 g/mol. The molecule has 13 heavy (non-hydrogen) atoms. The van der Waals surface area contributed by atoms with Crippen LogP contribution in [-0.2, 0) is 0 Å². The van der Waals surface area contributed by atoms with Crippen molar-refractivity contribution in [3.63, 3.8) is 0 Å². The third kappa shape index (κ3) is 1.24. The van der Waals surface area contributed by atoms with Crippen LogP contribution in [0.15, 0.2) is 19.0 Å². The standard InChI is InChI=1S/C10H15N3/c1-8(2)12-6-4-9(3)13-7-5-11-10(12)13/h5,7-8H,3-4,6H2,1-2H3. The SMILES string of the molecule is C=C1CCN(C(C)C)c2nccn21. The Bertz CT molecular complexity index is 325. The fraction of sp³-hybridized carbons (Fsp3) is 0.500. The molecular weight excluding hydrogens is 162 g/mol. The summed E-state index contributed by atoms with van der Waals surface area (Å²) in [5.74, 6) is 1.03. The number of nitrogens with zero attached hydrogens (tertiary/aromatic N) is 3. The van der Waals surface area contributed by atoms with Gasteiger partial charge in [-0.1, -0.05) is 6.58 Å². The smallest absolute Gasteiger partial charge is 0.210 e. The summed E-state index contributed by atoms with van der Waals surface area (Å²) in [6, 6.07) is 0.509. The molecule has 0 spiro atoms. The van der Waals surface area contributed by atoms with Crippen molar-refractivity contribution in [3.8, 4) is 0 Å². The van der Waals surface area contributed by atoms with Crippen molar-refractivity contribution in [3.05, 3.63) is 19.0 Å². The molecule has 1 aliphatic heterocycles. The molecule has 0 fully saturated rings. The molecule has 3 heteroatoms. The predicted molar refractivity (Wildman–Crippen MR) is 54.7 cm³/mol. The summed E-state index contributed by atoms with van der Waals surface area (Å²) in [6.45, 7) is 9.43. The van der Waals surface area contributed by atoms with Gasteiger partial charge < -0.3 is 4.90 Å². The average Bonchev–Trinajstić information content (AvgIpc) is 2.53. The van der Waals surface area contributed by atoms with Crippen molar-refractivity contribution in [2.45, 2.75) is 26.3 Å². The van der Waals surface area contributed by atoms with E-state index in [1.54, 1.807) is 0 Å². The third-order valence-corrected chi connectivity index (χ3v) is 2.48. The van der Waals surface area contributed by atoms with Crippen LogP contribution in [0.4, 0.5) is 5.95 Å². The average molecular weight is 177 g/mol. The fourth-order valence-corrected chi connectivity index (χ4v) is 1.71. The molecule has 1 aromatic heterocycles. The molecule has 0 saturated heterocycles. The van der Waals surface area contributed by atoms with Crippen molar-refractivity contribution in [2.24, 2.45) is 0 Å². The van der Waals surface area contributed by atoms with Gasteiger partial charge in [0.25, 0.3) is 0 Å². The quantitative estimate of drug-likeness (QED) is 0.654. The van der Waals surface area contributed by atoms with E-state index in [0.717, 1.165) is 24.6 Å². The number of hydrogen-bond donors (Lipinski definition) is 0. The summed E-state index contributed by atoms with van der Waals surface area (Å²) in [5.41, 5.74) is 1.14. The summed E-state index contributed by atoms with van der Waals surface area (Å²) in [4.78, 5) is 6.64. The van der Waals surface area contributed by atoms with Crippen LogP contribution in [0.3, 0.4) is 0 Å². The maximum Gasteiger partial charge on any atom is 0.210 e. The van der Waals surface area contributed by atoms with Gasteiger partial charge >= 0.3 is 0 Å². The molecular formula is C10H15N3. The number of aromatic nitrogens is 2. The predicted octanol–water partition coefficient (Wildman–Crippen LogP) is 1.97. The van der Waals surface area contributed by atoms with Crippen molar-refractivity contribution in [2.75, 3.05) is 11.4 Å². The number of imidazole rings is 1. The molecule has 0 atom stereocenters. The van der Waals surface area contributed by atoms with Crippen LogP contribution in [0, 0.1) is 0 Å². The first-order valence-electron chi connectivity index (χ1n) is 4.68. The van der Waals surface area contributed by atoms with E-state index in [9.17, 15) is 0 Å². The normalized spacial score (nSPS) is 16.5. The Hall–Kier alpha value is -1.25. The molecule has 0 aliphatic carbocycles. The molecule has 1 aliphatic rings. The highest BCUT2D eigenvalue weighted by atomic mass is 15.3. The van der Waals surface area contributed by atoms with Gasteiger partial charge in [0.15, 0.2) is 0 Å². The topological polar surface area (TPSA) is 21.1 Å². The van der Waals surface area contributed by atoms with Gasteiger partial charge in [0.2, 0.25) is 5.95 Å². The molecule has 0 saturated carbocycles. The highest BCUT2D eigenvalue weighted by Gasteiger charge is 2.21. The van der Waals surface area contributed by atoms with Gasteiger partial charge in [0, 0.05) is 37.1 Å². The van der Waals surface area contributed by atoms with E-state index in [2.05, 4.69) is 34.9 Å². The number of anilines is 1. The Kier molecular flexibility index (Phi) is 1.87. The van der Waals surface area contributed by atoms with Crippen molar-refractivity contribution in [1.82, 2.24) is 9.55 Å². The van der Waals surface area contributed by atoms with Gasteiger partial charge in [0.1, 0.15) is 0 Å². The maximum absolute atomic E-state index is 4.34. The number of fused-ring (bicyclic) bond motifs is 1. The van der Waals surface area contributed by atoms with Crippen LogP contribution in [0.5, 0.6) is 0 Å². The fourth-order valence-electron chi connectivity index (χ4n) is 1.71. The first-order chi connectivity index (χ1) is 6.20. The number of hydrogen-bond acceptors (Lipinski definition) is 2. The zero-order chi connectivity index (χ0) is 9.42. The van der Waals surface area contributed by atoms with Gasteiger partial charge in [-0.3, -0.25) is 4.57 Å². The Morgan fingerprint density at radius 3 is 3.00 bits per heavy atom. The minimum Gasteiger partial charge on any atom is -0.339 e. The van der Waals surface area contributed by atoms with E-state index < -0.39 is 0 Å². The van der Waals surface area contributed by atoms with Gasteiger partial charge in [-0.15, -0.1) is 0 Å². The maximum atomic E-state index is 4.34. The molecule has 0 unspecified atom stereocenters. The van der Waals surface area contributed by atoms with Gasteiger partial charge in [-0.2, -0.15) is 0 Å². The molecule has 1 aromatic rings. The molecule has 0 N–H and O–H groups in total. The Labute approximate surface area is 78.7 Å². The Balaban J connectivity index is 2.41. The van der Waals surface area contributed by atoms with E-state index in [1.807, 2.05) is 12.4 Å². The highest BCUT2D eigenvalue weighted by Crippen LogP contribution is 2.25. The lowest BCUT2D eigenvalue weighted by Crippen LogP contribution is -2.37. The van der Waals surface area contributed by atoms with Crippen molar-refractivity contribution in [1.29, 1.82) is 0 Å². The minimum absolute atomic E-state index is 0.509. The van der Waals surface area contributed by atoms with Crippen LogP contribution in [0.2, 0.25) is 0 Å². The van der Waals surface area contributed by atoms with Crippen LogP contribution < -0.4 is 4.90 Å². The van der Waals surface area contributed by atoms with Crippen LogP contribution in [-0.4, -0.2) is 22.1 Å². The van der Waals surface area contributed by atoms with Crippen LogP contribution in [0.25, 0.3) is 5.70 Å². The summed E-state index contributed by atoms with van der Waals surface area (Å²) in [6.07, 6.45) is 4.84. The molecule has 3 nitrogen and oxygen atoms in total. The van der Waals surface area contributed by atoms with E-state index in [1.165, 1.54) is 0 Å². The first kappa shape index (κ1) is 8.35. The van der Waals surface area contributed by atoms with Gasteiger partial charge in [-0.25, -0.2) is 4.98 Å². The molecule has 2 rings (SSSR count). The minimum atomic E-state index is 0.509. The van der Waals surface area contributed by atoms with E-state index >= 15 is 0 Å². The van der Waals surface area contributed by atoms with Crippen LogP contribution >= 0.6 is 0 Å².